The number of halogens is 3. The second-order valence-electron chi connectivity index (χ2n) is 7.06. The molecular formula is C18H19F3N2O7. The molecule has 0 unspecified atom stereocenters. The number of nitro benzene ring substituents is 1. The molecule has 0 spiro atoms. The molecule has 0 aromatic heterocycles. The summed E-state index contributed by atoms with van der Waals surface area (Å²) in [5.41, 5.74) is -1.12. The van der Waals surface area contributed by atoms with E-state index in [-0.39, 0.29) is 30.6 Å². The summed E-state index contributed by atoms with van der Waals surface area (Å²) in [7, 11) is 0. The fourth-order valence-corrected chi connectivity index (χ4v) is 3.17. The van der Waals surface area contributed by atoms with Gasteiger partial charge in [0.25, 0.3) is 11.6 Å². The molecule has 1 aromatic rings. The van der Waals surface area contributed by atoms with Gasteiger partial charge in [-0.2, -0.15) is 13.2 Å². The Kier molecular flexibility index (Phi) is 6.04. The van der Waals surface area contributed by atoms with Gasteiger partial charge >= 0.3 is 12.1 Å². The first kappa shape index (κ1) is 21.7. The normalized spacial score (nSPS) is 16.5. The number of hydrogen-bond acceptors (Lipinski definition) is 7. The largest absolute Gasteiger partial charge is 0.486 e. The number of carbonyl (C=O) groups is 2. The van der Waals surface area contributed by atoms with E-state index in [1.165, 1.54) is 6.92 Å². The number of rotatable bonds is 7. The molecule has 1 saturated carbocycles. The van der Waals surface area contributed by atoms with E-state index in [2.05, 4.69) is 0 Å². The van der Waals surface area contributed by atoms with E-state index in [9.17, 15) is 32.9 Å². The number of esters is 1. The number of hydrogen-bond donors (Lipinski definition) is 0. The van der Waals surface area contributed by atoms with Crippen LogP contribution in [0.3, 0.4) is 0 Å². The van der Waals surface area contributed by atoms with Crippen LogP contribution in [0.25, 0.3) is 0 Å². The van der Waals surface area contributed by atoms with Gasteiger partial charge in [0.05, 0.1) is 11.0 Å². The van der Waals surface area contributed by atoms with Crippen LogP contribution >= 0.6 is 0 Å². The standard InChI is InChI=1S/C18H19F3N2O7/c1-10(11-2-3-11)22(9-18(19,20)21)16(24)8-30-17(25)12-6-14-15(29-5-4-28-14)7-13(12)23(26)27/h6-7,10-11H,2-5,8-9H2,1H3/t10-/m1/s1. The van der Waals surface area contributed by atoms with Gasteiger partial charge < -0.3 is 19.1 Å². The Morgan fingerprint density at radius 1 is 1.27 bits per heavy atom. The maximum absolute atomic E-state index is 12.9. The molecule has 1 heterocycles. The van der Waals surface area contributed by atoms with E-state index in [1.54, 1.807) is 0 Å². The molecule has 12 heteroatoms. The minimum atomic E-state index is -4.61. The molecule has 9 nitrogen and oxygen atoms in total. The Bertz CT molecular complexity index is 855. The summed E-state index contributed by atoms with van der Waals surface area (Å²) in [6.07, 6.45) is -3.19. The summed E-state index contributed by atoms with van der Waals surface area (Å²) >= 11 is 0. The third-order valence-electron chi connectivity index (χ3n) is 4.87. The molecule has 3 rings (SSSR count). The molecule has 0 N–H and O–H groups in total. The van der Waals surface area contributed by atoms with Crippen molar-refractivity contribution in [1.29, 1.82) is 0 Å². The van der Waals surface area contributed by atoms with Crippen LogP contribution in [0.15, 0.2) is 12.1 Å². The highest BCUT2D eigenvalue weighted by Gasteiger charge is 2.40. The average molecular weight is 432 g/mol. The smallest absolute Gasteiger partial charge is 0.406 e. The lowest BCUT2D eigenvalue weighted by Crippen LogP contribution is -2.47. The molecule has 1 atom stereocenters. The fraction of sp³-hybridized carbons (Fsp3) is 0.556. The third-order valence-corrected chi connectivity index (χ3v) is 4.87. The van der Waals surface area contributed by atoms with E-state index >= 15 is 0 Å². The molecule has 0 bridgehead atoms. The third kappa shape index (κ3) is 5.10. The Labute approximate surface area is 168 Å². The van der Waals surface area contributed by atoms with Gasteiger partial charge in [-0.3, -0.25) is 14.9 Å². The number of carbonyl (C=O) groups excluding carboxylic acids is 2. The zero-order valence-electron chi connectivity index (χ0n) is 15.9. The first-order valence-corrected chi connectivity index (χ1v) is 9.18. The van der Waals surface area contributed by atoms with Gasteiger partial charge in [-0.05, 0) is 25.7 Å². The lowest BCUT2D eigenvalue weighted by molar-refractivity contribution is -0.385. The molecular weight excluding hydrogens is 413 g/mol. The number of ether oxygens (including phenoxy) is 3. The Hall–Kier alpha value is -3.05. The van der Waals surface area contributed by atoms with Crippen LogP contribution in [0.2, 0.25) is 0 Å². The Morgan fingerprint density at radius 3 is 2.40 bits per heavy atom. The number of amides is 1. The lowest BCUT2D eigenvalue weighted by Gasteiger charge is -2.30. The van der Waals surface area contributed by atoms with Crippen LogP contribution in [0.4, 0.5) is 18.9 Å². The van der Waals surface area contributed by atoms with Crippen molar-refractivity contribution in [3.05, 3.63) is 27.8 Å². The lowest BCUT2D eigenvalue weighted by atomic mass is 10.1. The molecule has 1 aromatic carbocycles. The average Bonchev–Trinajstić information content (AvgIpc) is 3.53. The Balaban J connectivity index is 1.73. The van der Waals surface area contributed by atoms with Gasteiger partial charge in [-0.1, -0.05) is 0 Å². The van der Waals surface area contributed by atoms with E-state index < -0.39 is 53.4 Å². The summed E-state index contributed by atoms with van der Waals surface area (Å²) in [5, 5.41) is 11.3. The van der Waals surface area contributed by atoms with Gasteiger partial charge in [0.15, 0.2) is 18.1 Å². The molecule has 0 saturated heterocycles. The maximum atomic E-state index is 12.9. The second-order valence-corrected chi connectivity index (χ2v) is 7.06. The van der Waals surface area contributed by atoms with E-state index in [0.717, 1.165) is 12.1 Å². The molecule has 1 fully saturated rings. The molecule has 0 radical (unpaired) electrons. The maximum Gasteiger partial charge on any atom is 0.406 e. The second kappa shape index (κ2) is 8.36. The molecule has 164 valence electrons. The van der Waals surface area contributed by atoms with Crippen LogP contribution in [0, 0.1) is 16.0 Å². The number of fused-ring (bicyclic) bond motifs is 1. The minimum Gasteiger partial charge on any atom is -0.486 e. The van der Waals surface area contributed by atoms with Crippen molar-refractivity contribution in [3.63, 3.8) is 0 Å². The van der Waals surface area contributed by atoms with Crippen molar-refractivity contribution in [3.8, 4) is 11.5 Å². The predicted octanol–water partition coefficient (Wildman–Crippen LogP) is 2.71. The Morgan fingerprint density at radius 2 is 1.87 bits per heavy atom. The van der Waals surface area contributed by atoms with Gasteiger partial charge in [0, 0.05) is 12.1 Å². The van der Waals surface area contributed by atoms with Crippen molar-refractivity contribution in [1.82, 2.24) is 4.90 Å². The van der Waals surface area contributed by atoms with Gasteiger partial charge in [0.2, 0.25) is 0 Å². The van der Waals surface area contributed by atoms with Crippen molar-refractivity contribution in [2.45, 2.75) is 32.0 Å². The number of benzene rings is 1. The van der Waals surface area contributed by atoms with Crippen molar-refractivity contribution in [2.75, 3.05) is 26.4 Å². The molecule has 30 heavy (non-hydrogen) atoms. The quantitative estimate of drug-likeness (QED) is 0.370. The van der Waals surface area contributed by atoms with Gasteiger partial charge in [0.1, 0.15) is 25.3 Å². The SMILES string of the molecule is C[C@H](C1CC1)N(CC(F)(F)F)C(=O)COC(=O)c1cc2c(cc1[N+](=O)[O-])OCCO2. The summed E-state index contributed by atoms with van der Waals surface area (Å²) in [6, 6.07) is 1.39. The molecule has 1 aliphatic carbocycles. The molecule has 2 aliphatic rings. The minimum absolute atomic E-state index is 0.0362. The zero-order valence-corrected chi connectivity index (χ0v) is 15.9. The zero-order chi connectivity index (χ0) is 22.1. The van der Waals surface area contributed by atoms with E-state index in [0.29, 0.717) is 17.7 Å². The number of alkyl halides is 3. The summed E-state index contributed by atoms with van der Waals surface area (Å²) in [5.74, 6) is -2.12. The topological polar surface area (TPSA) is 108 Å². The fourth-order valence-electron chi connectivity index (χ4n) is 3.17. The first-order valence-electron chi connectivity index (χ1n) is 9.18. The first-order chi connectivity index (χ1) is 14.1. The van der Waals surface area contributed by atoms with Crippen LogP contribution < -0.4 is 9.47 Å². The van der Waals surface area contributed by atoms with E-state index in [1.807, 2.05) is 0 Å². The monoisotopic (exact) mass is 432 g/mol. The van der Waals surface area contributed by atoms with E-state index in [4.69, 9.17) is 14.2 Å². The summed E-state index contributed by atoms with van der Waals surface area (Å²) in [4.78, 5) is 35.8. The highest BCUT2D eigenvalue weighted by atomic mass is 19.4. The molecule has 1 amide bonds. The number of nitrogens with zero attached hydrogens (tertiary/aromatic N) is 2. The van der Waals surface area contributed by atoms with Crippen LogP contribution in [-0.2, 0) is 9.53 Å². The predicted molar refractivity (Wildman–Crippen MR) is 94.3 cm³/mol. The summed E-state index contributed by atoms with van der Waals surface area (Å²) < 4.78 is 53.9. The van der Waals surface area contributed by atoms with Crippen molar-refractivity contribution < 1.29 is 41.9 Å². The summed E-state index contributed by atoms with van der Waals surface area (Å²) in [6.45, 7) is -0.586. The van der Waals surface area contributed by atoms with Crippen LogP contribution in [0.1, 0.15) is 30.1 Å². The molecule has 1 aliphatic heterocycles. The van der Waals surface area contributed by atoms with Crippen LogP contribution in [0.5, 0.6) is 11.5 Å². The van der Waals surface area contributed by atoms with Gasteiger partial charge in [-0.25, -0.2) is 4.79 Å². The highest BCUT2D eigenvalue weighted by Crippen LogP contribution is 2.38. The van der Waals surface area contributed by atoms with Crippen LogP contribution in [-0.4, -0.2) is 60.3 Å². The van der Waals surface area contributed by atoms with Crippen molar-refractivity contribution in [2.24, 2.45) is 5.92 Å². The highest BCUT2D eigenvalue weighted by molar-refractivity contribution is 5.96. The van der Waals surface area contributed by atoms with Crippen molar-refractivity contribution >= 4 is 17.6 Å². The number of nitro groups is 1. The van der Waals surface area contributed by atoms with Gasteiger partial charge in [-0.15, -0.1) is 0 Å².